The molecular formula is C23H22N4O4. The number of piperidine rings is 1. The van der Waals surface area contributed by atoms with Crippen LogP contribution >= 0.6 is 0 Å². The van der Waals surface area contributed by atoms with Crippen molar-refractivity contribution in [3.8, 4) is 0 Å². The Morgan fingerprint density at radius 2 is 1.84 bits per heavy atom. The van der Waals surface area contributed by atoms with Crippen LogP contribution in [0.5, 0.6) is 0 Å². The Bertz CT molecular complexity index is 1130. The van der Waals surface area contributed by atoms with Crippen LogP contribution in [0.2, 0.25) is 0 Å². The van der Waals surface area contributed by atoms with Crippen LogP contribution in [0.25, 0.3) is 0 Å². The number of nitrogens with one attached hydrogen (secondary N) is 3. The molecular weight excluding hydrogens is 396 g/mol. The molecule has 31 heavy (non-hydrogen) atoms. The monoisotopic (exact) mass is 418 g/mol. The molecule has 2 aromatic carbocycles. The van der Waals surface area contributed by atoms with Crippen molar-refractivity contribution in [1.82, 2.24) is 15.5 Å². The molecule has 0 radical (unpaired) electrons. The minimum Gasteiger partial charge on any atom is -0.381 e. The second kappa shape index (κ2) is 7.63. The highest BCUT2D eigenvalue weighted by molar-refractivity contribution is 6.24. The van der Waals surface area contributed by atoms with Crippen LogP contribution in [0.4, 0.5) is 5.69 Å². The van der Waals surface area contributed by atoms with Gasteiger partial charge in [-0.1, -0.05) is 24.3 Å². The van der Waals surface area contributed by atoms with Gasteiger partial charge < -0.3 is 10.6 Å². The summed E-state index contributed by atoms with van der Waals surface area (Å²) >= 11 is 0. The Balaban J connectivity index is 1.41. The molecule has 2 aromatic rings. The Labute approximate surface area is 179 Å². The number of hydrogen-bond acceptors (Lipinski definition) is 6. The number of hydrogen-bond donors (Lipinski definition) is 3. The highest BCUT2D eigenvalue weighted by Crippen LogP contribution is 2.31. The number of nitrogens with zero attached hydrogens (tertiary/aromatic N) is 1. The summed E-state index contributed by atoms with van der Waals surface area (Å²) in [5.74, 6) is -1.95. The van der Waals surface area contributed by atoms with Gasteiger partial charge in [-0.2, -0.15) is 0 Å². The molecule has 8 heteroatoms. The Morgan fingerprint density at radius 3 is 2.68 bits per heavy atom. The second-order valence-electron chi connectivity index (χ2n) is 8.01. The van der Waals surface area contributed by atoms with Crippen molar-refractivity contribution in [2.24, 2.45) is 0 Å². The first-order valence-electron chi connectivity index (χ1n) is 10.4. The molecule has 3 N–H and O–H groups in total. The van der Waals surface area contributed by atoms with Gasteiger partial charge in [-0.25, -0.2) is 0 Å². The maximum atomic E-state index is 13.2. The number of rotatable bonds is 4. The lowest BCUT2D eigenvalue weighted by Gasteiger charge is -2.27. The lowest BCUT2D eigenvalue weighted by atomic mass is 9.98. The van der Waals surface area contributed by atoms with Crippen molar-refractivity contribution < 1.29 is 19.2 Å². The largest absolute Gasteiger partial charge is 0.381 e. The quantitative estimate of drug-likeness (QED) is 0.647. The van der Waals surface area contributed by atoms with Gasteiger partial charge in [-0.15, -0.1) is 0 Å². The third-order valence-corrected chi connectivity index (χ3v) is 6.16. The molecule has 1 atom stereocenters. The minimum absolute atomic E-state index is 0.103. The fraction of sp³-hybridized carbons (Fsp3) is 0.304. The zero-order valence-electron chi connectivity index (χ0n) is 16.9. The SMILES string of the molecule is O=C1CCC(N2C(=O)c3cccc(CNc4cccc5c4CCNC5)c3C2=O)C(=O)N1. The molecule has 3 aliphatic heterocycles. The molecule has 3 aliphatic rings. The maximum absolute atomic E-state index is 13.2. The zero-order valence-corrected chi connectivity index (χ0v) is 16.9. The summed E-state index contributed by atoms with van der Waals surface area (Å²) < 4.78 is 0. The van der Waals surface area contributed by atoms with E-state index in [9.17, 15) is 19.2 Å². The summed E-state index contributed by atoms with van der Waals surface area (Å²) in [5.41, 5.74) is 4.88. The van der Waals surface area contributed by atoms with Crippen molar-refractivity contribution in [3.63, 3.8) is 0 Å². The van der Waals surface area contributed by atoms with E-state index in [4.69, 9.17) is 0 Å². The van der Waals surface area contributed by atoms with E-state index in [0.717, 1.165) is 30.1 Å². The average molecular weight is 418 g/mol. The number of imide groups is 2. The molecule has 0 spiro atoms. The average Bonchev–Trinajstić information content (AvgIpc) is 3.03. The Morgan fingerprint density at radius 1 is 1.00 bits per heavy atom. The first-order chi connectivity index (χ1) is 15.0. The summed E-state index contributed by atoms with van der Waals surface area (Å²) in [4.78, 5) is 50.9. The van der Waals surface area contributed by atoms with E-state index in [1.54, 1.807) is 12.1 Å². The number of benzene rings is 2. The summed E-state index contributed by atoms with van der Waals surface area (Å²) in [5, 5.41) is 9.01. The highest BCUT2D eigenvalue weighted by atomic mass is 16.2. The van der Waals surface area contributed by atoms with Crippen LogP contribution < -0.4 is 16.0 Å². The summed E-state index contributed by atoms with van der Waals surface area (Å²) in [7, 11) is 0. The number of anilines is 1. The van der Waals surface area contributed by atoms with Crippen LogP contribution in [0.1, 0.15) is 50.2 Å². The predicted molar refractivity (Wildman–Crippen MR) is 112 cm³/mol. The highest BCUT2D eigenvalue weighted by Gasteiger charge is 2.45. The first kappa shape index (κ1) is 19.4. The van der Waals surface area contributed by atoms with Crippen LogP contribution in [0.3, 0.4) is 0 Å². The molecule has 0 saturated carbocycles. The van der Waals surface area contributed by atoms with Gasteiger partial charge in [-0.3, -0.25) is 29.4 Å². The summed E-state index contributed by atoms with van der Waals surface area (Å²) in [6.45, 7) is 2.13. The van der Waals surface area contributed by atoms with Crippen LogP contribution in [0, 0.1) is 0 Å². The topological polar surface area (TPSA) is 108 Å². The fourth-order valence-electron chi connectivity index (χ4n) is 4.62. The van der Waals surface area contributed by atoms with E-state index in [2.05, 4.69) is 22.0 Å². The molecule has 0 aromatic heterocycles. The van der Waals surface area contributed by atoms with Gasteiger partial charge in [0.2, 0.25) is 11.8 Å². The van der Waals surface area contributed by atoms with E-state index < -0.39 is 23.8 Å². The Kier molecular flexibility index (Phi) is 4.78. The molecule has 158 valence electrons. The van der Waals surface area contributed by atoms with Gasteiger partial charge in [0.05, 0.1) is 11.1 Å². The summed E-state index contributed by atoms with van der Waals surface area (Å²) in [6.07, 6.45) is 1.17. The smallest absolute Gasteiger partial charge is 0.262 e. The third kappa shape index (κ3) is 3.29. The molecule has 1 fully saturated rings. The van der Waals surface area contributed by atoms with E-state index in [1.807, 2.05) is 18.2 Å². The molecule has 3 heterocycles. The van der Waals surface area contributed by atoms with Gasteiger partial charge in [0.15, 0.2) is 0 Å². The van der Waals surface area contributed by atoms with Crippen molar-refractivity contribution in [2.75, 3.05) is 11.9 Å². The number of carbonyl (C=O) groups is 4. The molecule has 1 saturated heterocycles. The molecule has 4 amide bonds. The Hall–Kier alpha value is -3.52. The van der Waals surface area contributed by atoms with Gasteiger partial charge in [-0.05, 0) is 48.2 Å². The normalized spacial score (nSPS) is 20.4. The molecule has 5 rings (SSSR count). The van der Waals surface area contributed by atoms with Crippen molar-refractivity contribution in [3.05, 3.63) is 64.2 Å². The second-order valence-corrected chi connectivity index (χ2v) is 8.01. The third-order valence-electron chi connectivity index (χ3n) is 6.16. The maximum Gasteiger partial charge on any atom is 0.262 e. The van der Waals surface area contributed by atoms with Crippen LogP contribution in [-0.2, 0) is 29.1 Å². The van der Waals surface area contributed by atoms with Crippen molar-refractivity contribution >= 4 is 29.3 Å². The number of carbonyl (C=O) groups excluding carboxylic acids is 4. The molecule has 0 bridgehead atoms. The van der Waals surface area contributed by atoms with Gasteiger partial charge in [0.1, 0.15) is 6.04 Å². The fourth-order valence-corrected chi connectivity index (χ4v) is 4.62. The number of fused-ring (bicyclic) bond motifs is 2. The standard InChI is InChI=1S/C23H22N4O4/c28-19-8-7-18(21(29)26-19)27-22(30)16-5-1-4-14(20(16)23(27)31)12-25-17-6-2-3-13-11-24-10-9-15(13)17/h1-6,18,24-25H,7-12H2,(H,26,28,29). The van der Waals surface area contributed by atoms with E-state index >= 15 is 0 Å². The molecule has 0 aliphatic carbocycles. The first-order valence-corrected chi connectivity index (χ1v) is 10.4. The van der Waals surface area contributed by atoms with E-state index in [-0.39, 0.29) is 18.7 Å². The van der Waals surface area contributed by atoms with Crippen molar-refractivity contribution in [2.45, 2.75) is 38.4 Å². The van der Waals surface area contributed by atoms with Gasteiger partial charge in [0.25, 0.3) is 11.8 Å². The number of amides is 4. The lowest BCUT2D eigenvalue weighted by molar-refractivity contribution is -0.136. The zero-order chi connectivity index (χ0) is 21.5. The minimum atomic E-state index is -0.959. The predicted octanol–water partition coefficient (Wildman–Crippen LogP) is 1.35. The van der Waals surface area contributed by atoms with Crippen molar-refractivity contribution in [1.29, 1.82) is 0 Å². The molecule has 1 unspecified atom stereocenters. The van der Waals surface area contributed by atoms with Gasteiger partial charge >= 0.3 is 0 Å². The lowest BCUT2D eigenvalue weighted by Crippen LogP contribution is -2.54. The van der Waals surface area contributed by atoms with E-state index in [0.29, 0.717) is 23.2 Å². The van der Waals surface area contributed by atoms with Gasteiger partial charge in [0, 0.05) is 25.2 Å². The summed E-state index contributed by atoms with van der Waals surface area (Å²) in [6, 6.07) is 10.4. The van der Waals surface area contributed by atoms with Crippen LogP contribution in [0.15, 0.2) is 36.4 Å². The van der Waals surface area contributed by atoms with Crippen LogP contribution in [-0.4, -0.2) is 41.1 Å². The molecule has 8 nitrogen and oxygen atoms in total. The van der Waals surface area contributed by atoms with E-state index in [1.165, 1.54) is 11.1 Å².